The van der Waals surface area contributed by atoms with Crippen LogP contribution in [0, 0.1) is 0 Å². The Kier molecular flexibility index (Phi) is 5.08. The summed E-state index contributed by atoms with van der Waals surface area (Å²) in [5, 5.41) is 11.4. The lowest BCUT2D eigenvalue weighted by atomic mass is 10.0. The SMILES string of the molecule is CC(=O)N1CC(F)CC1(C(=O)Nc1cccnc1)n1ccc2cc(-c3ccnnc3)ccc21. The van der Waals surface area contributed by atoms with Gasteiger partial charge in [-0.1, -0.05) is 6.07 Å². The van der Waals surface area contributed by atoms with Crippen molar-refractivity contribution in [2.24, 2.45) is 0 Å². The molecule has 2 unspecified atom stereocenters. The van der Waals surface area contributed by atoms with Crippen molar-refractivity contribution in [1.82, 2.24) is 24.6 Å². The molecule has 1 fully saturated rings. The van der Waals surface area contributed by atoms with Crippen LogP contribution in [0.2, 0.25) is 0 Å². The number of rotatable bonds is 4. The molecule has 8 nitrogen and oxygen atoms in total. The molecule has 0 saturated carbocycles. The first-order chi connectivity index (χ1) is 16.0. The predicted octanol–water partition coefficient (Wildman–Crippen LogP) is 3.38. The van der Waals surface area contributed by atoms with Crippen molar-refractivity contribution in [2.45, 2.75) is 25.2 Å². The molecule has 2 atom stereocenters. The summed E-state index contributed by atoms with van der Waals surface area (Å²) in [5.41, 5.74) is 1.46. The molecule has 33 heavy (non-hydrogen) atoms. The number of likely N-dealkylation sites (tertiary alicyclic amines) is 1. The summed E-state index contributed by atoms with van der Waals surface area (Å²) in [7, 11) is 0. The van der Waals surface area contributed by atoms with Gasteiger partial charge in [-0.3, -0.25) is 14.6 Å². The lowest BCUT2D eigenvalue weighted by molar-refractivity contribution is -0.146. The second-order valence-electron chi connectivity index (χ2n) is 8.03. The van der Waals surface area contributed by atoms with Gasteiger partial charge in [-0.25, -0.2) is 4.39 Å². The molecule has 1 aliphatic heterocycles. The Morgan fingerprint density at radius 3 is 2.70 bits per heavy atom. The zero-order valence-electron chi connectivity index (χ0n) is 17.9. The molecule has 1 saturated heterocycles. The van der Waals surface area contributed by atoms with Gasteiger partial charge in [0.05, 0.1) is 36.3 Å². The number of carbonyl (C=O) groups is 2. The number of hydrogen-bond acceptors (Lipinski definition) is 5. The Bertz CT molecular complexity index is 1330. The minimum absolute atomic E-state index is 0.154. The van der Waals surface area contributed by atoms with Crippen LogP contribution in [-0.2, 0) is 15.3 Å². The van der Waals surface area contributed by atoms with E-state index < -0.39 is 17.7 Å². The van der Waals surface area contributed by atoms with Gasteiger partial charge in [0.2, 0.25) is 11.6 Å². The Labute approximate surface area is 189 Å². The van der Waals surface area contributed by atoms with Gasteiger partial charge >= 0.3 is 0 Å². The summed E-state index contributed by atoms with van der Waals surface area (Å²) in [6.07, 6.45) is 6.63. The molecule has 1 N–H and O–H groups in total. The highest BCUT2D eigenvalue weighted by Crippen LogP contribution is 2.40. The molecule has 0 aliphatic carbocycles. The number of fused-ring (bicyclic) bond motifs is 1. The van der Waals surface area contributed by atoms with Crippen molar-refractivity contribution >= 4 is 28.4 Å². The smallest absolute Gasteiger partial charge is 0.271 e. The number of aromatic nitrogens is 4. The fraction of sp³-hybridized carbons (Fsp3) is 0.208. The molecular formula is C24H21FN6O2. The van der Waals surface area contributed by atoms with Crippen LogP contribution in [0.1, 0.15) is 13.3 Å². The Balaban J connectivity index is 1.64. The Morgan fingerprint density at radius 1 is 1.09 bits per heavy atom. The van der Waals surface area contributed by atoms with Gasteiger partial charge < -0.3 is 14.8 Å². The van der Waals surface area contributed by atoms with Crippen molar-refractivity contribution in [2.75, 3.05) is 11.9 Å². The average molecular weight is 444 g/mol. The van der Waals surface area contributed by atoms with Crippen molar-refractivity contribution in [3.63, 3.8) is 0 Å². The standard InChI is InChI=1S/C24H21FN6O2/c1-16(32)31-15-20(25)12-24(31,23(33)29-21-3-2-8-26-14-21)30-10-7-18-11-17(4-5-22(18)30)19-6-9-27-28-13-19/h2-11,13-14,20H,12,15H2,1H3,(H,29,33). The number of pyridine rings is 1. The summed E-state index contributed by atoms with van der Waals surface area (Å²) in [5.74, 6) is -0.872. The fourth-order valence-electron chi connectivity index (χ4n) is 4.55. The first-order valence-corrected chi connectivity index (χ1v) is 10.5. The molecule has 1 aliphatic rings. The van der Waals surface area contributed by atoms with Crippen molar-refractivity contribution in [3.05, 3.63) is 73.4 Å². The van der Waals surface area contributed by atoms with Crippen molar-refractivity contribution in [1.29, 1.82) is 0 Å². The molecule has 1 aromatic carbocycles. The van der Waals surface area contributed by atoms with Gasteiger partial charge in [0.15, 0.2) is 0 Å². The maximum atomic E-state index is 14.8. The highest BCUT2D eigenvalue weighted by Gasteiger charge is 2.54. The van der Waals surface area contributed by atoms with Gasteiger partial charge in [-0.2, -0.15) is 10.2 Å². The van der Waals surface area contributed by atoms with E-state index in [0.717, 1.165) is 16.5 Å². The molecular weight excluding hydrogens is 423 g/mol. The number of hydrogen-bond donors (Lipinski definition) is 1. The minimum atomic E-state index is -1.55. The molecule has 2 amide bonds. The number of carbonyl (C=O) groups excluding carboxylic acids is 2. The lowest BCUT2D eigenvalue weighted by Gasteiger charge is -2.38. The number of halogens is 1. The lowest BCUT2D eigenvalue weighted by Crippen LogP contribution is -2.56. The van der Waals surface area contributed by atoms with E-state index in [-0.39, 0.29) is 18.9 Å². The first kappa shape index (κ1) is 20.7. The largest absolute Gasteiger partial charge is 0.321 e. The van der Waals surface area contributed by atoms with E-state index in [0.29, 0.717) is 11.2 Å². The van der Waals surface area contributed by atoms with Crippen molar-refractivity contribution in [3.8, 4) is 11.1 Å². The molecule has 3 aromatic heterocycles. The molecule has 166 valence electrons. The zero-order valence-corrected chi connectivity index (χ0v) is 17.9. The highest BCUT2D eigenvalue weighted by atomic mass is 19.1. The summed E-state index contributed by atoms with van der Waals surface area (Å²) in [6.45, 7) is 1.20. The van der Waals surface area contributed by atoms with Gasteiger partial charge in [-0.05, 0) is 42.0 Å². The normalized spacial score (nSPS) is 20.2. The first-order valence-electron chi connectivity index (χ1n) is 10.5. The van der Waals surface area contributed by atoms with Gasteiger partial charge in [0, 0.05) is 36.7 Å². The molecule has 9 heteroatoms. The number of amides is 2. The van der Waals surface area contributed by atoms with E-state index in [9.17, 15) is 14.0 Å². The molecule has 0 spiro atoms. The summed E-state index contributed by atoms with van der Waals surface area (Å²) in [4.78, 5) is 31.6. The number of nitrogens with zero attached hydrogens (tertiary/aromatic N) is 5. The van der Waals surface area contributed by atoms with E-state index in [1.165, 1.54) is 18.0 Å². The van der Waals surface area contributed by atoms with Gasteiger partial charge in [0.1, 0.15) is 6.17 Å². The third-order valence-electron chi connectivity index (χ3n) is 6.00. The number of benzene rings is 1. The van der Waals surface area contributed by atoms with E-state index in [1.807, 2.05) is 30.3 Å². The summed E-state index contributed by atoms with van der Waals surface area (Å²) in [6, 6.07) is 12.8. The Hall–Kier alpha value is -4.14. The molecule has 0 radical (unpaired) electrons. The van der Waals surface area contributed by atoms with Crippen LogP contribution in [0.5, 0.6) is 0 Å². The second kappa shape index (κ2) is 8.09. The highest BCUT2D eigenvalue weighted by molar-refractivity contribution is 6.00. The monoisotopic (exact) mass is 444 g/mol. The summed E-state index contributed by atoms with van der Waals surface area (Å²) >= 11 is 0. The van der Waals surface area contributed by atoms with Crippen LogP contribution in [0.3, 0.4) is 0 Å². The molecule has 5 rings (SSSR count). The van der Waals surface area contributed by atoms with E-state index >= 15 is 0 Å². The third kappa shape index (κ3) is 3.51. The van der Waals surface area contributed by atoms with Crippen LogP contribution < -0.4 is 5.32 Å². The number of alkyl halides is 1. The second-order valence-corrected chi connectivity index (χ2v) is 8.03. The van der Waals surface area contributed by atoms with Crippen molar-refractivity contribution < 1.29 is 14.0 Å². The quantitative estimate of drug-likeness (QED) is 0.521. The van der Waals surface area contributed by atoms with Crippen LogP contribution in [0.4, 0.5) is 10.1 Å². The predicted molar refractivity (Wildman–Crippen MR) is 121 cm³/mol. The van der Waals surface area contributed by atoms with Crippen LogP contribution >= 0.6 is 0 Å². The van der Waals surface area contributed by atoms with Crippen LogP contribution in [0.25, 0.3) is 22.0 Å². The fourth-order valence-corrected chi connectivity index (χ4v) is 4.55. The average Bonchev–Trinajstić information content (AvgIpc) is 3.41. The van der Waals surface area contributed by atoms with Gasteiger partial charge in [0.25, 0.3) is 5.91 Å². The number of nitrogens with one attached hydrogen (secondary N) is 1. The maximum Gasteiger partial charge on any atom is 0.271 e. The van der Waals surface area contributed by atoms with Crippen LogP contribution in [0.15, 0.2) is 73.4 Å². The Morgan fingerprint density at radius 2 is 1.97 bits per heavy atom. The summed E-state index contributed by atoms with van der Waals surface area (Å²) < 4.78 is 16.5. The molecule has 4 heterocycles. The van der Waals surface area contributed by atoms with Gasteiger partial charge in [-0.15, -0.1) is 0 Å². The van der Waals surface area contributed by atoms with Crippen LogP contribution in [-0.4, -0.2) is 49.2 Å². The number of anilines is 1. The van der Waals surface area contributed by atoms with E-state index in [2.05, 4.69) is 20.5 Å². The maximum absolute atomic E-state index is 14.8. The zero-order chi connectivity index (χ0) is 23.0. The van der Waals surface area contributed by atoms with E-state index in [1.54, 1.807) is 41.5 Å². The minimum Gasteiger partial charge on any atom is -0.321 e. The third-order valence-corrected chi connectivity index (χ3v) is 6.00. The molecule has 0 bridgehead atoms. The molecule has 4 aromatic rings. The van der Waals surface area contributed by atoms with E-state index in [4.69, 9.17) is 0 Å². The topological polar surface area (TPSA) is 93.0 Å².